The van der Waals surface area contributed by atoms with Crippen LogP contribution in [0.1, 0.15) is 100 Å². The van der Waals surface area contributed by atoms with Crippen molar-refractivity contribution in [2.24, 2.45) is 0 Å². The van der Waals surface area contributed by atoms with E-state index in [9.17, 15) is 0 Å². The molecule has 16 bridgehead atoms. The van der Waals surface area contributed by atoms with Gasteiger partial charge in [0, 0.05) is 77.4 Å². The zero-order chi connectivity index (χ0) is 73.6. The Bertz CT molecular complexity index is 5520. The maximum atomic E-state index is 5.53. The molecule has 10 heterocycles. The Labute approximate surface area is 658 Å². The van der Waals surface area contributed by atoms with Crippen LogP contribution < -0.4 is 39.9 Å². The van der Waals surface area contributed by atoms with Gasteiger partial charge in [-0.2, -0.15) is 0 Å². The maximum absolute atomic E-state index is 5.53. The van der Waals surface area contributed by atoms with Gasteiger partial charge in [-0.3, -0.25) is 0 Å². The smallest absolute Gasteiger partial charge is 0.644 e. The molecule has 0 fully saturated rings. The molecule has 0 radical (unpaired) electrons. The van der Waals surface area contributed by atoms with Crippen molar-refractivity contribution in [2.45, 2.75) is 129 Å². The molecule has 0 saturated carbocycles. The van der Waals surface area contributed by atoms with Crippen LogP contribution in [0.15, 0.2) is 170 Å². The molecule has 0 spiro atoms. The third-order valence-corrected chi connectivity index (χ3v) is 25.1. The summed E-state index contributed by atoms with van der Waals surface area (Å²) < 4.78 is -0.750. The second kappa shape index (κ2) is 31.0. The van der Waals surface area contributed by atoms with Crippen molar-refractivity contribution in [1.82, 2.24) is 39.9 Å². The number of hydrogen-bond donors (Lipinski definition) is 0. The van der Waals surface area contributed by atoms with E-state index in [0.29, 0.717) is 0 Å². The molecule has 15 heteroatoms. The van der Waals surface area contributed by atoms with E-state index < -0.39 is 19.4 Å². The number of alkyl halides is 3. The summed E-state index contributed by atoms with van der Waals surface area (Å²) in [4.78, 5) is 43.2. The van der Waals surface area contributed by atoms with Crippen LogP contribution in [0.3, 0.4) is 0 Å². The average molecular weight is 1570 g/mol. The van der Waals surface area contributed by atoms with Crippen LogP contribution in [0.4, 0.5) is 0 Å². The Morgan fingerprint density at radius 2 is 0.377 bits per heavy atom. The van der Waals surface area contributed by atoms with Gasteiger partial charge >= 0.3 is 33.0 Å². The monoisotopic (exact) mass is 1570 g/mol. The van der Waals surface area contributed by atoms with E-state index in [-0.39, 0.29) is 33.0 Å². The molecule has 0 unspecified atom stereocenters. The van der Waals surface area contributed by atoms with Crippen molar-refractivity contribution in [3.8, 4) is 55.1 Å². The first-order valence-corrected chi connectivity index (χ1v) is 39.3. The Morgan fingerprint density at radius 3 is 0.557 bits per heavy atom. The molecule has 0 N–H and O–H groups in total. The van der Waals surface area contributed by atoms with E-state index in [0.717, 1.165) is 109 Å². The minimum atomic E-state index is -1.08. The molecule has 0 aliphatic carbocycles. The Morgan fingerprint density at radius 1 is 0.226 bits per heavy atom. The Kier molecular flexibility index (Phi) is 22.6. The van der Waals surface area contributed by atoms with Crippen molar-refractivity contribution >= 4 is 137 Å². The van der Waals surface area contributed by atoms with Crippen molar-refractivity contribution < 1.29 is 33.0 Å². The Hall–Kier alpha value is -8.50. The number of halogens is 3. The van der Waals surface area contributed by atoms with E-state index in [2.05, 4.69) is 294 Å². The first-order valence-electron chi connectivity index (χ1n) is 35.3. The predicted octanol–water partition coefficient (Wildman–Crippen LogP) is 25.8. The van der Waals surface area contributed by atoms with Gasteiger partial charge in [-0.25, -0.2) is 0 Å². The molecule has 0 atom stereocenters. The SMILES string of the molecule is Cc1cc(C)c(-[c+]2c3ccc([n-]3)c3ccc([n-]3)[c+](-c3c(C)cc(C)cc3C)c3ccc([n-]3)p(-c3c(C)cc(C)cc3C)c3ccc2[n-]3)c(C)c1.Cc1cc(C)c(-[c+]2c3ccc([n-]3)c3ccc([n-]3)[c+](-c3c(C)cc(C)cc3C)c3ccc([n-]3)p(-c3c(C)cc(C)cc3C)c3ccc2[n-]3)c(C)c1.ClC(Cl)Cl.[Ni+2].[Ni+2]. The maximum Gasteiger partial charge on any atom is 2.00 e. The molecule has 8 nitrogen and oxygen atoms in total. The third kappa shape index (κ3) is 14.9. The number of nitrogens with zero attached hydrogens (tertiary/aromatic N) is 8. The minimum absolute atomic E-state index is 0. The van der Waals surface area contributed by atoms with Crippen molar-refractivity contribution in [3.05, 3.63) is 270 Å². The van der Waals surface area contributed by atoms with Gasteiger partial charge in [0.25, 0.3) is 0 Å². The molecule has 10 aromatic heterocycles. The average Bonchev–Trinajstić information content (AvgIpc) is 1.60. The van der Waals surface area contributed by atoms with Gasteiger partial charge in [-0.15, -0.1) is 58.1 Å². The van der Waals surface area contributed by atoms with Crippen LogP contribution in [-0.4, -0.2) is 4.30 Å². The largest absolute Gasteiger partial charge is 2.00 e. The first-order chi connectivity index (χ1) is 49.7. The van der Waals surface area contributed by atoms with Crippen molar-refractivity contribution in [2.75, 3.05) is 0 Å². The van der Waals surface area contributed by atoms with Crippen LogP contribution in [0.5, 0.6) is 0 Å². The Balaban J connectivity index is 0.000000186. The van der Waals surface area contributed by atoms with E-state index >= 15 is 0 Å². The molecule has 16 rings (SSSR count). The molecule has 6 aromatic carbocycles. The number of rotatable bonds is 6. The fourth-order valence-corrected chi connectivity index (χ4v) is 21.4. The molecule has 538 valence electrons. The fraction of sp³-hybridized carbons (Fsp3) is 0.209. The van der Waals surface area contributed by atoms with Crippen LogP contribution in [0.2, 0.25) is 0 Å². The van der Waals surface area contributed by atoms with Gasteiger partial charge in [0.1, 0.15) is 0 Å². The molecule has 0 aliphatic heterocycles. The number of hydrogen-bond acceptors (Lipinski definition) is 0. The summed E-state index contributed by atoms with van der Waals surface area (Å²) in [6.07, 6.45) is 0. The number of fused-ring (bicyclic) bond motifs is 18. The summed E-state index contributed by atoms with van der Waals surface area (Å²) in [5.74, 6) is 0. The second-order valence-corrected chi connectivity index (χ2v) is 34.7. The molecular weight excluding hydrogens is 1490 g/mol. The van der Waals surface area contributed by atoms with Gasteiger partial charge in [0.2, 0.25) is 0 Å². The molecule has 0 amide bonds. The minimum Gasteiger partial charge on any atom is -0.644 e. The van der Waals surface area contributed by atoms with Crippen LogP contribution in [-0.2, 0) is 33.0 Å². The molecule has 106 heavy (non-hydrogen) atoms. The molecule has 0 aliphatic rings. The summed E-state index contributed by atoms with van der Waals surface area (Å²) in [6.45, 7) is 39.5. The topological polar surface area (TPSA) is 113 Å². The first kappa shape index (κ1) is 77.1. The van der Waals surface area contributed by atoms with Gasteiger partial charge in [0.05, 0.1) is 22.3 Å². The summed E-state index contributed by atoms with van der Waals surface area (Å²) >= 11 is 14.4. The summed E-state index contributed by atoms with van der Waals surface area (Å²) in [6, 6.07) is 61.9. The third-order valence-electron chi connectivity index (χ3n) is 20.0. The van der Waals surface area contributed by atoms with E-state index in [4.69, 9.17) is 74.7 Å². The number of aryl methyl sites for hydroxylation is 18. The van der Waals surface area contributed by atoms with Crippen LogP contribution in [0.25, 0.3) is 142 Å². The quantitative estimate of drug-likeness (QED) is 0.0919. The zero-order valence-corrected chi connectivity index (χ0v) is 69.0. The van der Waals surface area contributed by atoms with Gasteiger partial charge < -0.3 is 39.9 Å². The van der Waals surface area contributed by atoms with E-state index in [1.807, 2.05) is 0 Å². The van der Waals surface area contributed by atoms with Crippen molar-refractivity contribution in [1.29, 1.82) is 0 Å². The van der Waals surface area contributed by atoms with Crippen LogP contribution >= 0.6 is 49.9 Å². The van der Waals surface area contributed by atoms with Crippen LogP contribution in [0, 0.1) is 125 Å². The second-order valence-electron chi connectivity index (χ2n) is 28.6. The van der Waals surface area contributed by atoms with E-state index in [1.165, 1.54) is 133 Å². The molecular formula is C91H83Cl3N8Ni2P2. The van der Waals surface area contributed by atoms with Gasteiger partial charge in [-0.1, -0.05) is 114 Å². The zero-order valence-electron chi connectivity index (χ0n) is 63.0. The summed E-state index contributed by atoms with van der Waals surface area (Å²) in [7, 11) is -2.16. The molecule has 0 saturated heterocycles. The summed E-state index contributed by atoms with van der Waals surface area (Å²) in [5, 5.41) is 6.84. The number of aromatic nitrogens is 8. The van der Waals surface area contributed by atoms with Crippen molar-refractivity contribution in [3.63, 3.8) is 0 Å². The van der Waals surface area contributed by atoms with E-state index in [1.54, 1.807) is 0 Å². The summed E-state index contributed by atoms with van der Waals surface area (Å²) in [5.41, 5.74) is 42.2. The fourth-order valence-electron chi connectivity index (χ4n) is 16.6. The standard InChI is InChI=1S/2C45H41N4P.CHCl3.2Ni/c2*1-24-18-27(4)41(28(5)19-24)43-35-12-10-33(46-35)34-11-13-36(47-34)44(42-29(6)20-25(2)21-30(42)7)38-15-17-40(49-38)50(39-16-14-37(43)48-39)45-31(8)22-26(3)23-32(45)9;2-1(3)4;;/h2*10-23H,1-9H3;1H;;/q2*-2;;2*+2. The molecule has 16 aromatic rings. The van der Waals surface area contributed by atoms with Gasteiger partial charge in [-0.05, 0) is 315 Å². The predicted molar refractivity (Wildman–Crippen MR) is 449 cm³/mol. The normalized spacial score (nSPS) is 11.4. The number of benzene rings is 6. The van der Waals surface area contributed by atoms with Gasteiger partial charge in [0.15, 0.2) is 4.30 Å².